The fraction of sp³-hybridized carbons (Fsp3) is 0.200. The van der Waals surface area contributed by atoms with Crippen LogP contribution in [0.15, 0.2) is 56.1 Å². The van der Waals surface area contributed by atoms with Crippen LogP contribution in [0.1, 0.15) is 22.8 Å². The first-order valence-corrected chi connectivity index (χ1v) is 11.6. The van der Waals surface area contributed by atoms with Gasteiger partial charge in [-0.1, -0.05) is 35.7 Å². The molecule has 0 unspecified atom stereocenters. The van der Waals surface area contributed by atoms with Gasteiger partial charge in [-0.3, -0.25) is 4.79 Å². The van der Waals surface area contributed by atoms with Crippen LogP contribution in [0, 0.1) is 13.8 Å². The lowest BCUT2D eigenvalue weighted by atomic mass is 10.2. The summed E-state index contributed by atoms with van der Waals surface area (Å²) in [5, 5.41) is 14.4. The van der Waals surface area contributed by atoms with Crippen LogP contribution in [-0.4, -0.2) is 34.5 Å². The third-order valence-electron chi connectivity index (χ3n) is 4.77. The van der Waals surface area contributed by atoms with Gasteiger partial charge in [0.25, 0.3) is 5.78 Å². The summed E-state index contributed by atoms with van der Waals surface area (Å²) in [6, 6.07) is 9.11. The zero-order valence-electron chi connectivity index (χ0n) is 17.2. The molecule has 0 bridgehead atoms. The Morgan fingerprint density at radius 2 is 1.94 bits per heavy atom. The van der Waals surface area contributed by atoms with Crippen LogP contribution in [0.4, 0.5) is 0 Å². The van der Waals surface area contributed by atoms with E-state index in [1.807, 2.05) is 32.0 Å². The van der Waals surface area contributed by atoms with E-state index < -0.39 is 0 Å². The number of hydrogen-bond acceptors (Lipinski definition) is 10. The third-order valence-corrected chi connectivity index (χ3v) is 6.60. The van der Waals surface area contributed by atoms with Gasteiger partial charge in [0.2, 0.25) is 10.3 Å². The number of benzene rings is 1. The SMILES string of the molecule is Cc1cc(C)n2nc(SCc3nnc(SCc4coc5ccccc5c4=O)n3N)nc2n1. The summed E-state index contributed by atoms with van der Waals surface area (Å²) in [5.74, 6) is 8.12. The molecule has 0 spiro atoms. The topological polar surface area (TPSA) is 130 Å². The van der Waals surface area contributed by atoms with E-state index in [0.717, 1.165) is 11.4 Å². The molecular formula is C20H18N8O2S2. The van der Waals surface area contributed by atoms with Gasteiger partial charge in [0.1, 0.15) is 5.58 Å². The van der Waals surface area contributed by atoms with Crippen molar-refractivity contribution in [1.29, 1.82) is 0 Å². The predicted octanol–water partition coefficient (Wildman–Crippen LogP) is 2.74. The Morgan fingerprint density at radius 3 is 2.81 bits per heavy atom. The largest absolute Gasteiger partial charge is 0.464 e. The van der Waals surface area contributed by atoms with Gasteiger partial charge in [-0.05, 0) is 32.0 Å². The van der Waals surface area contributed by atoms with Crippen molar-refractivity contribution in [3.8, 4) is 0 Å². The van der Waals surface area contributed by atoms with E-state index in [9.17, 15) is 4.79 Å². The average Bonchev–Trinajstić information content (AvgIpc) is 3.35. The number of fused-ring (bicyclic) bond motifs is 2. The molecule has 2 N–H and O–H groups in total. The second-order valence-electron chi connectivity index (χ2n) is 7.08. The highest BCUT2D eigenvalue weighted by atomic mass is 32.2. The Hall–Kier alpha value is -3.38. The molecule has 1 aromatic carbocycles. The van der Waals surface area contributed by atoms with E-state index in [0.29, 0.717) is 50.0 Å². The van der Waals surface area contributed by atoms with Gasteiger partial charge in [-0.2, -0.15) is 4.98 Å². The van der Waals surface area contributed by atoms with E-state index in [-0.39, 0.29) is 5.43 Å². The number of nitrogens with two attached hydrogens (primary N) is 1. The molecule has 0 fully saturated rings. The van der Waals surface area contributed by atoms with Crippen LogP contribution in [0.5, 0.6) is 0 Å². The predicted molar refractivity (Wildman–Crippen MR) is 122 cm³/mol. The normalized spacial score (nSPS) is 11.6. The number of aryl methyl sites for hydroxylation is 2. The monoisotopic (exact) mass is 466 g/mol. The smallest absolute Gasteiger partial charge is 0.253 e. The molecule has 0 saturated heterocycles. The van der Waals surface area contributed by atoms with Crippen molar-refractivity contribution in [1.82, 2.24) is 34.5 Å². The minimum Gasteiger partial charge on any atom is -0.464 e. The van der Waals surface area contributed by atoms with Gasteiger partial charge in [-0.25, -0.2) is 14.2 Å². The number of rotatable bonds is 6. The van der Waals surface area contributed by atoms with Gasteiger partial charge in [0.05, 0.1) is 17.4 Å². The fourth-order valence-corrected chi connectivity index (χ4v) is 4.77. The van der Waals surface area contributed by atoms with Crippen LogP contribution in [0.2, 0.25) is 0 Å². The molecule has 0 radical (unpaired) electrons. The molecule has 4 heterocycles. The van der Waals surface area contributed by atoms with Crippen molar-refractivity contribution in [2.45, 2.75) is 35.7 Å². The molecule has 0 saturated carbocycles. The second kappa shape index (κ2) is 8.28. The first kappa shape index (κ1) is 20.5. The van der Waals surface area contributed by atoms with Crippen molar-refractivity contribution < 1.29 is 4.42 Å². The number of aromatic nitrogens is 7. The molecule has 5 rings (SSSR count). The van der Waals surface area contributed by atoms with Gasteiger partial charge in [0.15, 0.2) is 11.3 Å². The first-order valence-electron chi connectivity index (χ1n) is 9.65. The number of thioether (sulfide) groups is 2. The highest BCUT2D eigenvalue weighted by Gasteiger charge is 2.15. The van der Waals surface area contributed by atoms with Gasteiger partial charge >= 0.3 is 0 Å². The van der Waals surface area contributed by atoms with Crippen molar-refractivity contribution in [3.63, 3.8) is 0 Å². The van der Waals surface area contributed by atoms with Crippen molar-refractivity contribution in [3.05, 3.63) is 69.6 Å². The quantitative estimate of drug-likeness (QED) is 0.294. The van der Waals surface area contributed by atoms with E-state index in [4.69, 9.17) is 10.3 Å². The molecule has 0 aliphatic carbocycles. The van der Waals surface area contributed by atoms with Gasteiger partial charge in [0, 0.05) is 22.7 Å². The highest BCUT2D eigenvalue weighted by molar-refractivity contribution is 7.98. The fourth-order valence-electron chi connectivity index (χ4n) is 3.20. The molecular weight excluding hydrogens is 448 g/mol. The number of nitrogens with zero attached hydrogens (tertiary/aromatic N) is 7. The zero-order valence-corrected chi connectivity index (χ0v) is 18.9. The summed E-state index contributed by atoms with van der Waals surface area (Å²) < 4.78 is 8.69. The van der Waals surface area contributed by atoms with E-state index >= 15 is 0 Å². The summed E-state index contributed by atoms with van der Waals surface area (Å²) >= 11 is 2.72. The van der Waals surface area contributed by atoms with Crippen LogP contribution in [-0.2, 0) is 11.5 Å². The zero-order chi connectivity index (χ0) is 22.2. The average molecular weight is 467 g/mol. The molecule has 0 amide bonds. The van der Waals surface area contributed by atoms with Crippen molar-refractivity contribution >= 4 is 40.3 Å². The van der Waals surface area contributed by atoms with E-state index in [2.05, 4.69) is 25.3 Å². The third kappa shape index (κ3) is 3.82. The summed E-state index contributed by atoms with van der Waals surface area (Å²) in [6.07, 6.45) is 1.48. The first-order chi connectivity index (χ1) is 15.5. The van der Waals surface area contributed by atoms with Crippen LogP contribution >= 0.6 is 23.5 Å². The highest BCUT2D eigenvalue weighted by Crippen LogP contribution is 2.24. The standard InChI is InChI=1S/C20H18N8O2S2/c1-11-7-12(2)28-18(22-11)23-19(26-28)31-10-16-24-25-20(27(16)21)32-9-13-8-30-15-6-4-3-5-14(15)17(13)29/h3-8H,9-10,21H2,1-2H3. The van der Waals surface area contributed by atoms with Gasteiger partial charge < -0.3 is 10.3 Å². The summed E-state index contributed by atoms with van der Waals surface area (Å²) in [7, 11) is 0. The van der Waals surface area contributed by atoms with Gasteiger partial charge in [-0.15, -0.1) is 15.3 Å². The maximum Gasteiger partial charge on any atom is 0.253 e. The lowest BCUT2D eigenvalue weighted by molar-refractivity contribution is 0.596. The Morgan fingerprint density at radius 1 is 1.09 bits per heavy atom. The summed E-state index contributed by atoms with van der Waals surface area (Å²) in [4.78, 5) is 21.5. The van der Waals surface area contributed by atoms with Crippen LogP contribution < -0.4 is 11.3 Å². The Balaban J connectivity index is 1.28. The van der Waals surface area contributed by atoms with E-state index in [1.54, 1.807) is 16.6 Å². The molecule has 12 heteroatoms. The van der Waals surface area contributed by atoms with Crippen LogP contribution in [0.3, 0.4) is 0 Å². The lowest BCUT2D eigenvalue weighted by Gasteiger charge is -2.03. The Labute approximate surface area is 190 Å². The van der Waals surface area contributed by atoms with E-state index in [1.165, 1.54) is 34.5 Å². The summed E-state index contributed by atoms with van der Waals surface area (Å²) in [5.41, 5.74) is 2.90. The number of nitrogen functional groups attached to an aromatic ring is 1. The molecule has 0 aliphatic rings. The Bertz CT molecular complexity index is 1510. The molecule has 162 valence electrons. The molecule has 10 nitrogen and oxygen atoms in total. The molecule has 5 aromatic rings. The maximum atomic E-state index is 12.6. The molecule has 4 aromatic heterocycles. The van der Waals surface area contributed by atoms with Crippen molar-refractivity contribution in [2.24, 2.45) is 0 Å². The second-order valence-corrected chi connectivity index (χ2v) is 8.96. The number of para-hydroxylation sites is 1. The minimum absolute atomic E-state index is 0.0599. The Kier molecular flexibility index (Phi) is 5.31. The lowest BCUT2D eigenvalue weighted by Crippen LogP contribution is -2.14. The van der Waals surface area contributed by atoms with Crippen molar-refractivity contribution in [2.75, 3.05) is 5.84 Å². The molecule has 32 heavy (non-hydrogen) atoms. The minimum atomic E-state index is -0.0599. The molecule has 0 atom stereocenters. The molecule has 0 aliphatic heterocycles. The maximum absolute atomic E-state index is 12.6. The number of hydrogen-bond donors (Lipinski definition) is 1. The summed E-state index contributed by atoms with van der Waals surface area (Å²) in [6.45, 7) is 3.88. The van der Waals surface area contributed by atoms with Crippen LogP contribution in [0.25, 0.3) is 16.7 Å².